The Hall–Kier alpha value is -1.78. The number of nitrogens with one attached hydrogen (secondary N) is 2. The average molecular weight is 290 g/mol. The molecule has 0 spiro atoms. The van der Waals surface area contributed by atoms with Crippen molar-refractivity contribution >= 4 is 5.96 Å². The summed E-state index contributed by atoms with van der Waals surface area (Å²) < 4.78 is 5.13. The van der Waals surface area contributed by atoms with Crippen molar-refractivity contribution in [2.24, 2.45) is 10.4 Å². The van der Waals surface area contributed by atoms with Crippen LogP contribution in [-0.2, 0) is 6.54 Å². The van der Waals surface area contributed by atoms with Gasteiger partial charge in [-0.1, -0.05) is 13.3 Å². The van der Waals surface area contributed by atoms with Gasteiger partial charge in [0, 0.05) is 32.4 Å². The van der Waals surface area contributed by atoms with E-state index in [1.165, 1.54) is 25.7 Å². The van der Waals surface area contributed by atoms with Crippen LogP contribution in [0.4, 0.5) is 0 Å². The number of nitrogens with zero attached hydrogens (tertiary/aromatic N) is 2. The van der Waals surface area contributed by atoms with Crippen molar-refractivity contribution in [1.82, 2.24) is 15.6 Å². The van der Waals surface area contributed by atoms with Gasteiger partial charge in [-0.15, -0.1) is 0 Å². The lowest BCUT2D eigenvalue weighted by Crippen LogP contribution is -2.46. The fourth-order valence-electron chi connectivity index (χ4n) is 2.68. The van der Waals surface area contributed by atoms with Crippen LogP contribution in [0.15, 0.2) is 23.3 Å². The number of rotatable bonds is 6. The highest BCUT2D eigenvalue weighted by Crippen LogP contribution is 2.42. The highest BCUT2D eigenvalue weighted by molar-refractivity contribution is 5.79. The van der Waals surface area contributed by atoms with Gasteiger partial charge in [0.1, 0.15) is 0 Å². The van der Waals surface area contributed by atoms with Crippen LogP contribution in [0.1, 0.15) is 38.2 Å². The molecule has 5 nitrogen and oxygen atoms in total. The molecule has 1 fully saturated rings. The number of hydrogen-bond acceptors (Lipinski definition) is 3. The molecular weight excluding hydrogens is 264 g/mol. The third-order valence-corrected chi connectivity index (χ3v) is 4.49. The van der Waals surface area contributed by atoms with E-state index in [0.717, 1.165) is 18.1 Å². The number of ether oxygens (including phenoxy) is 1. The largest absolute Gasteiger partial charge is 0.481 e. The SMILES string of the molecule is CCC1(CNC(=NC)NCc2ccnc(OC)c2)CCC1. The summed E-state index contributed by atoms with van der Waals surface area (Å²) in [5.74, 6) is 1.49. The molecule has 0 aromatic carbocycles. The molecule has 5 heteroatoms. The first-order chi connectivity index (χ1) is 10.2. The third-order valence-electron chi connectivity index (χ3n) is 4.49. The zero-order chi connectivity index (χ0) is 15.1. The lowest BCUT2D eigenvalue weighted by molar-refractivity contribution is 0.131. The standard InChI is InChI=1S/C16H26N4O/c1-4-16(7-5-8-16)12-20-15(17-2)19-11-13-6-9-18-14(10-13)21-3/h6,9-10H,4-5,7-8,11-12H2,1-3H3,(H2,17,19,20). The van der Waals surface area contributed by atoms with Crippen molar-refractivity contribution in [2.45, 2.75) is 39.2 Å². The number of pyridine rings is 1. The first kappa shape index (κ1) is 15.6. The molecule has 1 aliphatic rings. The van der Waals surface area contributed by atoms with Crippen LogP contribution in [0.5, 0.6) is 5.88 Å². The fraction of sp³-hybridized carbons (Fsp3) is 0.625. The lowest BCUT2D eigenvalue weighted by Gasteiger charge is -2.41. The maximum atomic E-state index is 5.13. The van der Waals surface area contributed by atoms with Gasteiger partial charge in [-0.2, -0.15) is 0 Å². The Kier molecular flexibility index (Phi) is 5.42. The van der Waals surface area contributed by atoms with Crippen LogP contribution in [-0.4, -0.2) is 31.6 Å². The normalized spacial score (nSPS) is 17.0. The van der Waals surface area contributed by atoms with Gasteiger partial charge in [0.05, 0.1) is 7.11 Å². The van der Waals surface area contributed by atoms with Gasteiger partial charge >= 0.3 is 0 Å². The molecule has 0 atom stereocenters. The fourth-order valence-corrected chi connectivity index (χ4v) is 2.68. The number of aliphatic imine (C=N–C) groups is 1. The molecule has 116 valence electrons. The second-order valence-electron chi connectivity index (χ2n) is 5.69. The maximum absolute atomic E-state index is 5.13. The second-order valence-corrected chi connectivity index (χ2v) is 5.69. The molecule has 1 aromatic rings. The molecule has 0 radical (unpaired) electrons. The van der Waals surface area contributed by atoms with Crippen LogP contribution in [0.25, 0.3) is 0 Å². The molecule has 0 saturated heterocycles. The van der Waals surface area contributed by atoms with E-state index in [-0.39, 0.29) is 0 Å². The number of aromatic nitrogens is 1. The third kappa shape index (κ3) is 4.09. The molecule has 0 amide bonds. The Morgan fingerprint density at radius 1 is 1.43 bits per heavy atom. The summed E-state index contributed by atoms with van der Waals surface area (Å²) in [6, 6.07) is 3.90. The van der Waals surface area contributed by atoms with E-state index in [9.17, 15) is 0 Å². The van der Waals surface area contributed by atoms with Crippen LogP contribution in [0.3, 0.4) is 0 Å². The van der Waals surface area contributed by atoms with E-state index in [1.54, 1.807) is 13.3 Å². The summed E-state index contributed by atoms with van der Waals surface area (Å²) in [4.78, 5) is 8.40. The van der Waals surface area contributed by atoms with Crippen LogP contribution in [0.2, 0.25) is 0 Å². The number of guanidine groups is 1. The van der Waals surface area contributed by atoms with E-state index in [4.69, 9.17) is 4.74 Å². The van der Waals surface area contributed by atoms with Crippen LogP contribution in [0, 0.1) is 5.41 Å². The predicted molar refractivity (Wildman–Crippen MR) is 85.6 cm³/mol. The molecule has 0 bridgehead atoms. The molecule has 21 heavy (non-hydrogen) atoms. The molecule has 1 aliphatic carbocycles. The Balaban J connectivity index is 1.82. The Bertz CT molecular complexity index is 477. The summed E-state index contributed by atoms with van der Waals surface area (Å²) in [7, 11) is 3.44. The molecule has 2 N–H and O–H groups in total. The molecular formula is C16H26N4O. The summed E-state index contributed by atoms with van der Waals surface area (Å²) in [5.41, 5.74) is 1.61. The Morgan fingerprint density at radius 2 is 2.24 bits per heavy atom. The zero-order valence-corrected chi connectivity index (χ0v) is 13.3. The van der Waals surface area contributed by atoms with E-state index >= 15 is 0 Å². The predicted octanol–water partition coefficient (Wildman–Crippen LogP) is 2.34. The minimum atomic E-state index is 0.484. The summed E-state index contributed by atoms with van der Waals surface area (Å²) in [6.45, 7) is 3.99. The molecule has 1 heterocycles. The smallest absolute Gasteiger partial charge is 0.213 e. The van der Waals surface area contributed by atoms with Crippen LogP contribution < -0.4 is 15.4 Å². The molecule has 0 aliphatic heterocycles. The topological polar surface area (TPSA) is 58.5 Å². The first-order valence-corrected chi connectivity index (χ1v) is 7.65. The van der Waals surface area contributed by atoms with Crippen molar-refractivity contribution in [3.63, 3.8) is 0 Å². The number of methoxy groups -OCH3 is 1. The summed E-state index contributed by atoms with van der Waals surface area (Å²) >= 11 is 0. The van der Waals surface area contributed by atoms with E-state index < -0.39 is 0 Å². The zero-order valence-electron chi connectivity index (χ0n) is 13.3. The van der Waals surface area contributed by atoms with Crippen molar-refractivity contribution < 1.29 is 4.74 Å². The van der Waals surface area contributed by atoms with Gasteiger partial charge in [-0.3, -0.25) is 4.99 Å². The van der Waals surface area contributed by atoms with E-state index in [1.807, 2.05) is 19.2 Å². The molecule has 0 unspecified atom stereocenters. The van der Waals surface area contributed by atoms with Crippen molar-refractivity contribution in [2.75, 3.05) is 20.7 Å². The quantitative estimate of drug-likeness (QED) is 0.623. The van der Waals surface area contributed by atoms with Gasteiger partial charge in [0.15, 0.2) is 5.96 Å². The van der Waals surface area contributed by atoms with Gasteiger partial charge in [0.25, 0.3) is 0 Å². The number of hydrogen-bond donors (Lipinski definition) is 2. The lowest BCUT2D eigenvalue weighted by atomic mass is 9.67. The van der Waals surface area contributed by atoms with Crippen molar-refractivity contribution in [3.8, 4) is 5.88 Å². The molecule has 2 rings (SSSR count). The molecule has 1 saturated carbocycles. The van der Waals surface area contributed by atoms with Gasteiger partial charge in [-0.05, 0) is 36.3 Å². The minimum Gasteiger partial charge on any atom is -0.481 e. The molecule has 1 aromatic heterocycles. The second kappa shape index (κ2) is 7.29. The van der Waals surface area contributed by atoms with Gasteiger partial charge in [-0.25, -0.2) is 4.98 Å². The van der Waals surface area contributed by atoms with Gasteiger partial charge < -0.3 is 15.4 Å². The van der Waals surface area contributed by atoms with Gasteiger partial charge in [0.2, 0.25) is 5.88 Å². The maximum Gasteiger partial charge on any atom is 0.213 e. The summed E-state index contributed by atoms with van der Waals surface area (Å²) in [6.07, 6.45) is 7.01. The van der Waals surface area contributed by atoms with E-state index in [0.29, 0.717) is 17.8 Å². The Labute approximate surface area is 127 Å². The average Bonchev–Trinajstić information content (AvgIpc) is 2.49. The van der Waals surface area contributed by atoms with E-state index in [2.05, 4.69) is 27.5 Å². The Morgan fingerprint density at radius 3 is 2.81 bits per heavy atom. The van der Waals surface area contributed by atoms with Crippen molar-refractivity contribution in [3.05, 3.63) is 23.9 Å². The first-order valence-electron chi connectivity index (χ1n) is 7.65. The highest BCUT2D eigenvalue weighted by atomic mass is 16.5. The van der Waals surface area contributed by atoms with Crippen molar-refractivity contribution in [1.29, 1.82) is 0 Å². The highest BCUT2D eigenvalue weighted by Gasteiger charge is 2.34. The minimum absolute atomic E-state index is 0.484. The van der Waals surface area contributed by atoms with Crippen LogP contribution >= 0.6 is 0 Å². The monoisotopic (exact) mass is 290 g/mol. The summed E-state index contributed by atoms with van der Waals surface area (Å²) in [5, 5.41) is 6.79.